The van der Waals surface area contributed by atoms with E-state index in [1.165, 1.54) is 0 Å². The van der Waals surface area contributed by atoms with Gasteiger partial charge in [-0.2, -0.15) is 4.98 Å². The van der Waals surface area contributed by atoms with Gasteiger partial charge in [0, 0.05) is 22.2 Å². The molecule has 2 aromatic carbocycles. The maximum Gasteiger partial charge on any atom is 0.224 e. The lowest BCUT2D eigenvalue weighted by Crippen LogP contribution is -1.99. The van der Waals surface area contributed by atoms with Crippen LogP contribution in [0.4, 0.5) is 11.5 Å². The van der Waals surface area contributed by atoms with E-state index in [0.29, 0.717) is 27.9 Å². The minimum atomic E-state index is 0.140. The number of rotatable bonds is 4. The van der Waals surface area contributed by atoms with E-state index in [9.17, 15) is 0 Å². The molecule has 0 bridgehead atoms. The summed E-state index contributed by atoms with van der Waals surface area (Å²) in [5, 5.41) is 4.78. The Hall–Kier alpha value is -2.24. The second-order valence-corrected chi connectivity index (χ2v) is 5.47. The molecule has 23 heavy (non-hydrogen) atoms. The molecule has 0 radical (unpaired) electrons. The smallest absolute Gasteiger partial charge is 0.224 e. The van der Waals surface area contributed by atoms with Gasteiger partial charge >= 0.3 is 0 Å². The molecule has 0 unspecified atom stereocenters. The first-order valence-corrected chi connectivity index (χ1v) is 7.48. The Morgan fingerprint density at radius 3 is 2.22 bits per heavy atom. The molecule has 1 aromatic heterocycles. The van der Waals surface area contributed by atoms with Crippen molar-refractivity contribution in [3.63, 3.8) is 0 Å². The number of nitrogens with one attached hydrogen (secondary N) is 1. The third kappa shape index (κ3) is 3.25. The second-order valence-electron chi connectivity index (χ2n) is 4.70. The third-order valence-electron chi connectivity index (χ3n) is 3.28. The number of ether oxygens (including phenoxy) is 2. The van der Waals surface area contributed by atoms with Crippen molar-refractivity contribution in [1.29, 1.82) is 0 Å². The summed E-state index contributed by atoms with van der Waals surface area (Å²) in [7, 11) is 3.14. The van der Waals surface area contributed by atoms with Crippen LogP contribution in [-0.4, -0.2) is 24.2 Å². The third-order valence-corrected chi connectivity index (χ3v) is 3.70. The number of methoxy groups -OCH3 is 2. The standard InChI is InChI=1S/C16H13Cl2N3O2/c1-22-13-7-11-12(8-14(13)23-2)20-16(18)21-15(11)19-10-5-3-9(17)4-6-10/h3-8H,1-2H3,(H,19,20,21). The van der Waals surface area contributed by atoms with Gasteiger partial charge in [0.2, 0.25) is 5.28 Å². The van der Waals surface area contributed by atoms with Crippen LogP contribution in [0.5, 0.6) is 11.5 Å². The van der Waals surface area contributed by atoms with E-state index in [2.05, 4.69) is 15.3 Å². The number of hydrogen-bond donors (Lipinski definition) is 1. The largest absolute Gasteiger partial charge is 0.493 e. The highest BCUT2D eigenvalue weighted by atomic mass is 35.5. The van der Waals surface area contributed by atoms with Crippen LogP contribution in [0.25, 0.3) is 10.9 Å². The molecule has 0 atom stereocenters. The fourth-order valence-corrected chi connectivity index (χ4v) is 2.49. The van der Waals surface area contributed by atoms with E-state index in [4.69, 9.17) is 32.7 Å². The average Bonchev–Trinajstić information content (AvgIpc) is 2.55. The lowest BCUT2D eigenvalue weighted by atomic mass is 10.2. The first-order chi connectivity index (χ1) is 11.1. The van der Waals surface area contributed by atoms with Crippen LogP contribution < -0.4 is 14.8 Å². The minimum absolute atomic E-state index is 0.140. The van der Waals surface area contributed by atoms with Crippen LogP contribution in [0.1, 0.15) is 0 Å². The zero-order chi connectivity index (χ0) is 16.4. The van der Waals surface area contributed by atoms with Crippen molar-refractivity contribution in [2.45, 2.75) is 0 Å². The number of anilines is 2. The highest BCUT2D eigenvalue weighted by Gasteiger charge is 2.13. The average molecular weight is 350 g/mol. The molecule has 1 N–H and O–H groups in total. The van der Waals surface area contributed by atoms with Gasteiger partial charge in [0.1, 0.15) is 5.82 Å². The van der Waals surface area contributed by atoms with Gasteiger partial charge in [-0.3, -0.25) is 0 Å². The van der Waals surface area contributed by atoms with Crippen LogP contribution >= 0.6 is 23.2 Å². The molecule has 0 aliphatic heterocycles. The molecular weight excluding hydrogens is 337 g/mol. The van der Waals surface area contributed by atoms with Gasteiger partial charge in [0.25, 0.3) is 0 Å². The molecule has 3 rings (SSSR count). The van der Waals surface area contributed by atoms with Gasteiger partial charge < -0.3 is 14.8 Å². The molecule has 7 heteroatoms. The zero-order valence-electron chi connectivity index (χ0n) is 12.4. The summed E-state index contributed by atoms with van der Waals surface area (Å²) in [6.07, 6.45) is 0. The number of nitrogens with zero attached hydrogens (tertiary/aromatic N) is 2. The van der Waals surface area contributed by atoms with E-state index in [1.54, 1.807) is 32.4 Å². The van der Waals surface area contributed by atoms with Gasteiger partial charge in [0.05, 0.1) is 19.7 Å². The quantitative estimate of drug-likeness (QED) is 0.692. The van der Waals surface area contributed by atoms with Crippen molar-refractivity contribution in [2.75, 3.05) is 19.5 Å². The molecule has 0 saturated heterocycles. The Bertz CT molecular complexity index is 854. The fourth-order valence-electron chi connectivity index (χ4n) is 2.19. The molecular formula is C16H13Cl2N3O2. The van der Waals surface area contributed by atoms with Gasteiger partial charge in [-0.25, -0.2) is 4.98 Å². The highest BCUT2D eigenvalue weighted by molar-refractivity contribution is 6.30. The molecule has 0 saturated carbocycles. The van der Waals surface area contributed by atoms with Crippen molar-refractivity contribution >= 4 is 45.6 Å². The van der Waals surface area contributed by atoms with Crippen molar-refractivity contribution in [3.05, 3.63) is 46.7 Å². The molecule has 5 nitrogen and oxygen atoms in total. The normalized spacial score (nSPS) is 10.6. The summed E-state index contributed by atoms with van der Waals surface area (Å²) in [4.78, 5) is 8.50. The summed E-state index contributed by atoms with van der Waals surface area (Å²) < 4.78 is 10.6. The van der Waals surface area contributed by atoms with Crippen molar-refractivity contribution < 1.29 is 9.47 Å². The van der Waals surface area contributed by atoms with Crippen molar-refractivity contribution in [2.24, 2.45) is 0 Å². The summed E-state index contributed by atoms with van der Waals surface area (Å²) in [6, 6.07) is 10.9. The maximum atomic E-state index is 6.03. The molecule has 1 heterocycles. The predicted octanol–water partition coefficient (Wildman–Crippen LogP) is 4.70. The Morgan fingerprint density at radius 1 is 0.913 bits per heavy atom. The minimum Gasteiger partial charge on any atom is -0.493 e. The summed E-state index contributed by atoms with van der Waals surface area (Å²) in [5.41, 5.74) is 1.49. The monoisotopic (exact) mass is 349 g/mol. The van der Waals surface area contributed by atoms with Gasteiger partial charge in [0.15, 0.2) is 11.5 Å². The van der Waals surface area contributed by atoms with Crippen LogP contribution in [0.3, 0.4) is 0 Å². The number of hydrogen-bond acceptors (Lipinski definition) is 5. The maximum absolute atomic E-state index is 6.03. The molecule has 0 amide bonds. The van der Waals surface area contributed by atoms with E-state index in [0.717, 1.165) is 11.1 Å². The summed E-state index contributed by atoms with van der Waals surface area (Å²) in [6.45, 7) is 0. The Balaban J connectivity index is 2.13. The van der Waals surface area contributed by atoms with Crippen LogP contribution in [0, 0.1) is 0 Å². The second kappa shape index (κ2) is 6.48. The lowest BCUT2D eigenvalue weighted by molar-refractivity contribution is 0.356. The van der Waals surface area contributed by atoms with Gasteiger partial charge in [-0.15, -0.1) is 0 Å². The van der Waals surface area contributed by atoms with E-state index in [-0.39, 0.29) is 5.28 Å². The van der Waals surface area contributed by atoms with Gasteiger partial charge in [-0.1, -0.05) is 11.6 Å². The first-order valence-electron chi connectivity index (χ1n) is 6.72. The van der Waals surface area contributed by atoms with E-state index < -0.39 is 0 Å². The van der Waals surface area contributed by atoms with Crippen LogP contribution in [-0.2, 0) is 0 Å². The fraction of sp³-hybridized carbons (Fsp3) is 0.125. The first kappa shape index (κ1) is 15.6. The Kier molecular flexibility index (Phi) is 4.41. The molecule has 0 aliphatic carbocycles. The Morgan fingerprint density at radius 2 is 1.57 bits per heavy atom. The van der Waals surface area contributed by atoms with Gasteiger partial charge in [-0.05, 0) is 41.9 Å². The zero-order valence-corrected chi connectivity index (χ0v) is 13.9. The number of halogens is 2. The molecule has 118 valence electrons. The molecule has 0 spiro atoms. The molecule has 3 aromatic rings. The number of benzene rings is 2. The lowest BCUT2D eigenvalue weighted by Gasteiger charge is -2.12. The van der Waals surface area contributed by atoms with Crippen LogP contribution in [0.15, 0.2) is 36.4 Å². The SMILES string of the molecule is COc1cc2nc(Cl)nc(Nc3ccc(Cl)cc3)c2cc1OC. The van der Waals surface area contributed by atoms with E-state index >= 15 is 0 Å². The number of aromatic nitrogens is 2. The van der Waals surface area contributed by atoms with Crippen LogP contribution in [0.2, 0.25) is 10.3 Å². The highest BCUT2D eigenvalue weighted by Crippen LogP contribution is 2.35. The summed E-state index contributed by atoms with van der Waals surface area (Å²) in [5.74, 6) is 1.74. The van der Waals surface area contributed by atoms with Crippen molar-refractivity contribution in [3.8, 4) is 11.5 Å². The topological polar surface area (TPSA) is 56.3 Å². The molecule has 0 fully saturated rings. The Labute approximate surface area is 143 Å². The van der Waals surface area contributed by atoms with E-state index in [1.807, 2.05) is 18.2 Å². The summed E-state index contributed by atoms with van der Waals surface area (Å²) >= 11 is 11.9. The number of fused-ring (bicyclic) bond motifs is 1. The van der Waals surface area contributed by atoms with Crippen molar-refractivity contribution in [1.82, 2.24) is 9.97 Å². The molecule has 0 aliphatic rings. The predicted molar refractivity (Wildman–Crippen MR) is 92.4 cm³/mol.